The lowest BCUT2D eigenvalue weighted by molar-refractivity contribution is -0.123. The van der Waals surface area contributed by atoms with Crippen LogP contribution in [0.5, 0.6) is 5.75 Å². The van der Waals surface area contributed by atoms with E-state index < -0.39 is 0 Å². The number of ketones is 1. The minimum Gasteiger partial charge on any atom is -0.508 e. The van der Waals surface area contributed by atoms with Gasteiger partial charge in [0.2, 0.25) is 0 Å². The number of phenols is 1. The third-order valence-electron chi connectivity index (χ3n) is 4.22. The Morgan fingerprint density at radius 1 is 1.30 bits per heavy atom. The molecule has 0 saturated heterocycles. The minimum absolute atomic E-state index is 0.0958. The van der Waals surface area contributed by atoms with Crippen LogP contribution in [0.3, 0.4) is 0 Å². The summed E-state index contributed by atoms with van der Waals surface area (Å²) in [6, 6.07) is 7.47. The normalized spacial score (nSPS) is 17.4. The first-order valence-electron chi connectivity index (χ1n) is 7.11. The smallest absolute Gasteiger partial charge is 0.133 e. The van der Waals surface area contributed by atoms with E-state index in [2.05, 4.69) is 38.1 Å². The van der Waals surface area contributed by atoms with E-state index in [1.54, 1.807) is 6.07 Å². The van der Waals surface area contributed by atoms with Crippen LogP contribution in [0, 0.1) is 0 Å². The molecule has 0 bridgehead atoms. The molecule has 0 amide bonds. The average molecular weight is 275 g/mol. The first kappa shape index (κ1) is 16.4. The molecule has 1 aliphatic rings. The molecule has 20 heavy (non-hydrogen) atoms. The average Bonchev–Trinajstić information content (AvgIpc) is 2.49. The summed E-state index contributed by atoms with van der Waals surface area (Å²) in [6.07, 6.45) is 2.97. The number of phenolic OH excluding ortho intramolecular Hbond substituents is 1. The van der Waals surface area contributed by atoms with Gasteiger partial charge in [-0.2, -0.15) is 0 Å². The molecule has 1 fully saturated rings. The lowest BCUT2D eigenvalue weighted by Crippen LogP contribution is -2.46. The van der Waals surface area contributed by atoms with Crippen molar-refractivity contribution in [1.82, 2.24) is 4.90 Å². The highest BCUT2D eigenvalue weighted by atomic mass is 16.3. The number of carbonyl (C=O) groups is 1. The Labute approximate surface area is 121 Å². The topological polar surface area (TPSA) is 40.5 Å². The van der Waals surface area contributed by atoms with E-state index in [1.165, 1.54) is 0 Å². The molecule has 2 rings (SSSR count). The summed E-state index contributed by atoms with van der Waals surface area (Å²) in [5.74, 6) is 0.656. The SMILES string of the molecule is C=C.CCN(C)C1(c2cccc(O)c2)CCC(=O)CC1. The maximum atomic E-state index is 11.5. The fraction of sp³-hybridized carbons (Fsp3) is 0.471. The zero-order valence-corrected chi connectivity index (χ0v) is 12.6. The number of hydrogen-bond donors (Lipinski definition) is 1. The standard InChI is InChI=1S/C15H21NO2.C2H4/c1-3-16(2)15(9-7-13(17)8-10-15)12-5-4-6-14(18)11-12;1-2/h4-6,11,18H,3,7-10H2,1-2H3;1-2H2. The third-order valence-corrected chi connectivity index (χ3v) is 4.22. The largest absolute Gasteiger partial charge is 0.508 e. The number of hydrogen-bond acceptors (Lipinski definition) is 3. The molecule has 0 spiro atoms. The zero-order chi connectivity index (χ0) is 15.2. The first-order valence-corrected chi connectivity index (χ1v) is 7.11. The molecule has 3 heteroatoms. The summed E-state index contributed by atoms with van der Waals surface area (Å²) in [5.41, 5.74) is 1.03. The van der Waals surface area contributed by atoms with Crippen LogP contribution in [0.2, 0.25) is 0 Å². The predicted molar refractivity (Wildman–Crippen MR) is 82.8 cm³/mol. The van der Waals surface area contributed by atoms with E-state index >= 15 is 0 Å². The molecule has 0 aliphatic heterocycles. The Kier molecular flexibility index (Phi) is 5.96. The van der Waals surface area contributed by atoms with Crippen LogP contribution in [0.25, 0.3) is 0 Å². The number of Topliss-reactive ketones (excluding diaryl/α,β-unsaturated/α-hetero) is 1. The fourth-order valence-electron chi connectivity index (χ4n) is 2.93. The molecule has 1 aromatic carbocycles. The fourth-order valence-corrected chi connectivity index (χ4v) is 2.93. The molecule has 0 atom stereocenters. The molecular formula is C17H25NO2. The second kappa shape index (κ2) is 7.25. The van der Waals surface area contributed by atoms with Crippen molar-refractivity contribution in [1.29, 1.82) is 0 Å². The Hall–Kier alpha value is -1.61. The van der Waals surface area contributed by atoms with Crippen molar-refractivity contribution in [2.45, 2.75) is 38.1 Å². The van der Waals surface area contributed by atoms with Crippen LogP contribution in [0.4, 0.5) is 0 Å². The quantitative estimate of drug-likeness (QED) is 0.859. The monoisotopic (exact) mass is 275 g/mol. The zero-order valence-electron chi connectivity index (χ0n) is 12.6. The summed E-state index contributed by atoms with van der Waals surface area (Å²) in [5, 5.41) is 9.68. The predicted octanol–water partition coefficient (Wildman–Crippen LogP) is 3.48. The molecule has 110 valence electrons. The number of aromatic hydroxyl groups is 1. The summed E-state index contributed by atoms with van der Waals surface area (Å²) in [6.45, 7) is 9.06. The number of carbonyl (C=O) groups excluding carboxylic acids is 1. The van der Waals surface area contributed by atoms with Crippen LogP contribution in [-0.2, 0) is 10.3 Å². The van der Waals surface area contributed by atoms with Crippen molar-refractivity contribution in [2.24, 2.45) is 0 Å². The van der Waals surface area contributed by atoms with Gasteiger partial charge >= 0.3 is 0 Å². The van der Waals surface area contributed by atoms with Crippen LogP contribution in [0.1, 0.15) is 38.2 Å². The highest BCUT2D eigenvalue weighted by molar-refractivity contribution is 5.79. The van der Waals surface area contributed by atoms with Gasteiger partial charge in [0.25, 0.3) is 0 Å². The Morgan fingerprint density at radius 2 is 1.90 bits per heavy atom. The van der Waals surface area contributed by atoms with Gasteiger partial charge in [-0.25, -0.2) is 0 Å². The van der Waals surface area contributed by atoms with Crippen LogP contribution in [-0.4, -0.2) is 29.4 Å². The van der Waals surface area contributed by atoms with Gasteiger partial charge < -0.3 is 5.11 Å². The van der Waals surface area contributed by atoms with E-state index in [4.69, 9.17) is 0 Å². The molecule has 0 radical (unpaired) electrons. The van der Waals surface area contributed by atoms with E-state index in [0.29, 0.717) is 24.4 Å². The molecule has 1 aromatic rings. The van der Waals surface area contributed by atoms with E-state index in [0.717, 1.165) is 24.9 Å². The molecule has 0 aromatic heterocycles. The molecule has 0 unspecified atom stereocenters. The van der Waals surface area contributed by atoms with Gasteiger partial charge in [-0.05, 0) is 44.1 Å². The van der Waals surface area contributed by atoms with Crippen molar-refractivity contribution in [3.63, 3.8) is 0 Å². The van der Waals surface area contributed by atoms with E-state index in [9.17, 15) is 9.90 Å². The van der Waals surface area contributed by atoms with Gasteiger partial charge in [-0.3, -0.25) is 9.69 Å². The number of benzene rings is 1. The lowest BCUT2D eigenvalue weighted by atomic mass is 9.75. The number of nitrogens with zero attached hydrogens (tertiary/aromatic N) is 1. The van der Waals surface area contributed by atoms with Crippen molar-refractivity contribution in [2.75, 3.05) is 13.6 Å². The maximum Gasteiger partial charge on any atom is 0.133 e. The Balaban J connectivity index is 0.000000956. The van der Waals surface area contributed by atoms with Crippen molar-refractivity contribution < 1.29 is 9.90 Å². The highest BCUT2D eigenvalue weighted by Crippen LogP contribution is 2.41. The molecule has 3 nitrogen and oxygen atoms in total. The highest BCUT2D eigenvalue weighted by Gasteiger charge is 2.39. The van der Waals surface area contributed by atoms with Crippen LogP contribution < -0.4 is 0 Å². The Morgan fingerprint density at radius 3 is 2.40 bits per heavy atom. The second-order valence-electron chi connectivity index (χ2n) is 5.13. The Bertz CT molecular complexity index is 446. The van der Waals surface area contributed by atoms with Gasteiger partial charge in [0.1, 0.15) is 11.5 Å². The van der Waals surface area contributed by atoms with Gasteiger partial charge in [0, 0.05) is 18.4 Å². The minimum atomic E-state index is -0.0958. The second-order valence-corrected chi connectivity index (χ2v) is 5.13. The van der Waals surface area contributed by atoms with E-state index in [-0.39, 0.29) is 5.54 Å². The summed E-state index contributed by atoms with van der Waals surface area (Å²) < 4.78 is 0. The van der Waals surface area contributed by atoms with Crippen LogP contribution in [0.15, 0.2) is 37.4 Å². The maximum absolute atomic E-state index is 11.5. The third kappa shape index (κ3) is 3.28. The summed E-state index contributed by atoms with van der Waals surface area (Å²) in [7, 11) is 2.10. The number of rotatable bonds is 3. The van der Waals surface area contributed by atoms with Crippen molar-refractivity contribution in [3.05, 3.63) is 43.0 Å². The van der Waals surface area contributed by atoms with Gasteiger partial charge in [0.05, 0.1) is 0 Å². The van der Waals surface area contributed by atoms with Crippen molar-refractivity contribution >= 4 is 5.78 Å². The molecule has 1 N–H and O–H groups in total. The molecular weight excluding hydrogens is 250 g/mol. The van der Waals surface area contributed by atoms with Crippen molar-refractivity contribution in [3.8, 4) is 5.75 Å². The molecule has 0 heterocycles. The molecule has 1 aliphatic carbocycles. The first-order chi connectivity index (χ1) is 9.58. The summed E-state index contributed by atoms with van der Waals surface area (Å²) >= 11 is 0. The van der Waals surface area contributed by atoms with Gasteiger partial charge in [-0.1, -0.05) is 19.1 Å². The van der Waals surface area contributed by atoms with Gasteiger partial charge in [0.15, 0.2) is 0 Å². The van der Waals surface area contributed by atoms with Gasteiger partial charge in [-0.15, -0.1) is 13.2 Å². The lowest BCUT2D eigenvalue weighted by Gasteiger charge is -2.44. The van der Waals surface area contributed by atoms with Crippen LogP contribution >= 0.6 is 0 Å². The molecule has 1 saturated carbocycles. The summed E-state index contributed by atoms with van der Waals surface area (Å²) in [4.78, 5) is 13.8. The van der Waals surface area contributed by atoms with E-state index in [1.807, 2.05) is 12.1 Å².